The molecule has 3 aromatic carbocycles. The summed E-state index contributed by atoms with van der Waals surface area (Å²) < 4.78 is 27.5. The van der Waals surface area contributed by atoms with Crippen molar-refractivity contribution in [2.24, 2.45) is 0 Å². The van der Waals surface area contributed by atoms with Crippen LogP contribution in [-0.2, 0) is 27.7 Å². The largest absolute Gasteiger partial charge is 0.508 e. The number of halogens is 2. The number of carbonyl (C=O) groups excluding carboxylic acids is 1. The van der Waals surface area contributed by atoms with Crippen LogP contribution in [0.15, 0.2) is 71.6 Å². The van der Waals surface area contributed by atoms with Gasteiger partial charge in [-0.2, -0.15) is 0 Å². The lowest BCUT2D eigenvalue weighted by molar-refractivity contribution is -0.117. The van der Waals surface area contributed by atoms with E-state index in [1.165, 1.54) is 30.3 Å². The third kappa shape index (κ3) is 5.73. The van der Waals surface area contributed by atoms with Gasteiger partial charge in [-0.05, 0) is 53.6 Å². The predicted octanol–water partition coefficient (Wildman–Crippen LogP) is 4.85. The maximum atomic E-state index is 12.5. The molecule has 0 amide bonds. The standard InChI is InChI=1S/C21H17Cl2NO4S/c22-20-9-6-16(13-21(20)23)24-29(27,28)19-7-4-14(5-8-19)10-18(26)12-15-2-1-3-17(25)11-15/h1-9,11,13,24-25H,10,12H2. The highest BCUT2D eigenvalue weighted by molar-refractivity contribution is 7.92. The Labute approximate surface area is 179 Å². The minimum atomic E-state index is -3.81. The summed E-state index contributed by atoms with van der Waals surface area (Å²) in [6.45, 7) is 0. The molecule has 0 radical (unpaired) electrons. The molecule has 5 nitrogen and oxygen atoms in total. The molecule has 0 heterocycles. The highest BCUT2D eigenvalue weighted by atomic mass is 35.5. The van der Waals surface area contributed by atoms with Crippen LogP contribution < -0.4 is 4.72 Å². The summed E-state index contributed by atoms with van der Waals surface area (Å²) in [5.74, 6) is 0.0690. The van der Waals surface area contributed by atoms with Crippen molar-refractivity contribution in [3.63, 3.8) is 0 Å². The number of rotatable bonds is 7. The fourth-order valence-corrected chi connectivity index (χ4v) is 4.09. The summed E-state index contributed by atoms with van der Waals surface area (Å²) in [6, 6.07) is 17.1. The molecule has 0 aliphatic rings. The molecule has 0 saturated carbocycles. The second-order valence-corrected chi connectivity index (χ2v) is 8.94. The number of phenolic OH excluding ortho intramolecular Hbond substituents is 1. The molecule has 0 aromatic heterocycles. The average molecular weight is 450 g/mol. The lowest BCUT2D eigenvalue weighted by Gasteiger charge is -2.09. The average Bonchev–Trinajstić information content (AvgIpc) is 2.65. The van der Waals surface area contributed by atoms with E-state index in [-0.39, 0.29) is 34.3 Å². The number of hydrogen-bond acceptors (Lipinski definition) is 4. The van der Waals surface area contributed by atoms with E-state index in [9.17, 15) is 18.3 Å². The van der Waals surface area contributed by atoms with Gasteiger partial charge in [0.15, 0.2) is 0 Å². The smallest absolute Gasteiger partial charge is 0.261 e. The summed E-state index contributed by atoms with van der Waals surface area (Å²) in [5.41, 5.74) is 1.72. The third-order valence-corrected chi connectivity index (χ3v) is 6.25. The van der Waals surface area contributed by atoms with E-state index in [1.54, 1.807) is 36.4 Å². The first-order valence-corrected chi connectivity index (χ1v) is 10.8. The molecule has 0 spiro atoms. The number of aromatic hydroxyl groups is 1. The van der Waals surface area contributed by atoms with Crippen LogP contribution in [0.2, 0.25) is 10.0 Å². The summed E-state index contributed by atoms with van der Waals surface area (Å²) in [6.07, 6.45) is 0.351. The zero-order valence-corrected chi connectivity index (χ0v) is 17.4. The summed E-state index contributed by atoms with van der Waals surface area (Å²) in [4.78, 5) is 12.3. The van der Waals surface area contributed by atoms with Gasteiger partial charge in [0.1, 0.15) is 11.5 Å². The number of carbonyl (C=O) groups is 1. The number of Topliss-reactive ketones (excluding diaryl/α,β-unsaturated/α-hetero) is 1. The van der Waals surface area contributed by atoms with E-state index >= 15 is 0 Å². The van der Waals surface area contributed by atoms with Crippen LogP contribution in [0, 0.1) is 0 Å². The zero-order valence-electron chi connectivity index (χ0n) is 15.1. The second-order valence-electron chi connectivity index (χ2n) is 6.44. The number of sulfonamides is 1. The molecule has 0 saturated heterocycles. The van der Waals surface area contributed by atoms with Gasteiger partial charge in [0.25, 0.3) is 10.0 Å². The third-order valence-electron chi connectivity index (χ3n) is 4.12. The van der Waals surface area contributed by atoms with E-state index in [4.69, 9.17) is 23.2 Å². The maximum absolute atomic E-state index is 12.5. The van der Waals surface area contributed by atoms with Crippen LogP contribution >= 0.6 is 23.2 Å². The Kier molecular flexibility index (Phi) is 6.47. The van der Waals surface area contributed by atoms with Crippen LogP contribution in [0.3, 0.4) is 0 Å². The minimum absolute atomic E-state index is 0.0415. The van der Waals surface area contributed by atoms with Crippen molar-refractivity contribution in [1.29, 1.82) is 0 Å². The van der Waals surface area contributed by atoms with Crippen molar-refractivity contribution in [2.45, 2.75) is 17.7 Å². The molecule has 2 N–H and O–H groups in total. The van der Waals surface area contributed by atoms with E-state index in [2.05, 4.69) is 4.72 Å². The Morgan fingerprint density at radius 3 is 2.21 bits per heavy atom. The van der Waals surface area contributed by atoms with Crippen LogP contribution in [0.4, 0.5) is 5.69 Å². The Balaban J connectivity index is 1.67. The van der Waals surface area contributed by atoms with Crippen molar-refractivity contribution in [1.82, 2.24) is 0 Å². The van der Waals surface area contributed by atoms with Gasteiger partial charge in [0.05, 0.1) is 20.6 Å². The molecule has 0 aliphatic carbocycles. The highest BCUT2D eigenvalue weighted by Gasteiger charge is 2.15. The first kappa shape index (κ1) is 21.2. The van der Waals surface area contributed by atoms with Crippen molar-refractivity contribution in [3.05, 3.63) is 87.9 Å². The van der Waals surface area contributed by atoms with Gasteiger partial charge in [0, 0.05) is 12.8 Å². The first-order chi connectivity index (χ1) is 13.7. The fourth-order valence-electron chi connectivity index (χ4n) is 2.74. The topological polar surface area (TPSA) is 83.5 Å². The van der Waals surface area contributed by atoms with Gasteiger partial charge in [-0.25, -0.2) is 8.42 Å². The predicted molar refractivity (Wildman–Crippen MR) is 114 cm³/mol. The van der Waals surface area contributed by atoms with Crippen molar-refractivity contribution < 1.29 is 18.3 Å². The second kappa shape index (κ2) is 8.86. The molecule has 29 heavy (non-hydrogen) atoms. The molecule has 0 unspecified atom stereocenters. The molecule has 8 heteroatoms. The lowest BCUT2D eigenvalue weighted by atomic mass is 10.0. The van der Waals surface area contributed by atoms with Crippen LogP contribution in [0.25, 0.3) is 0 Å². The molecule has 3 rings (SSSR count). The summed E-state index contributed by atoms with van der Waals surface area (Å²) in [7, 11) is -3.81. The fraction of sp³-hybridized carbons (Fsp3) is 0.0952. The first-order valence-electron chi connectivity index (χ1n) is 8.59. The van der Waals surface area contributed by atoms with Gasteiger partial charge in [-0.1, -0.05) is 47.5 Å². The number of anilines is 1. The number of nitrogens with one attached hydrogen (secondary N) is 1. The molecule has 0 aliphatic heterocycles. The Morgan fingerprint density at radius 2 is 1.55 bits per heavy atom. The molecule has 0 fully saturated rings. The van der Waals surface area contributed by atoms with E-state index in [1.807, 2.05) is 0 Å². The highest BCUT2D eigenvalue weighted by Crippen LogP contribution is 2.26. The maximum Gasteiger partial charge on any atom is 0.261 e. The van der Waals surface area contributed by atoms with Crippen LogP contribution in [0.1, 0.15) is 11.1 Å². The van der Waals surface area contributed by atoms with Crippen molar-refractivity contribution in [2.75, 3.05) is 4.72 Å². The molecular weight excluding hydrogens is 433 g/mol. The SMILES string of the molecule is O=C(Cc1ccc(S(=O)(=O)Nc2ccc(Cl)c(Cl)c2)cc1)Cc1cccc(O)c1. The summed E-state index contributed by atoms with van der Waals surface area (Å²) >= 11 is 11.7. The van der Waals surface area contributed by atoms with Gasteiger partial charge < -0.3 is 5.11 Å². The molecule has 0 atom stereocenters. The minimum Gasteiger partial charge on any atom is -0.508 e. The normalized spacial score (nSPS) is 11.2. The Bertz CT molecular complexity index is 1150. The molecule has 0 bridgehead atoms. The zero-order chi connectivity index (χ0) is 21.0. The number of hydrogen-bond donors (Lipinski definition) is 2. The van der Waals surface area contributed by atoms with Gasteiger partial charge in [-0.15, -0.1) is 0 Å². The van der Waals surface area contributed by atoms with Crippen molar-refractivity contribution >= 4 is 44.7 Å². The lowest BCUT2D eigenvalue weighted by Crippen LogP contribution is -2.13. The quantitative estimate of drug-likeness (QED) is 0.539. The Hall–Kier alpha value is -2.54. The number of ketones is 1. The van der Waals surface area contributed by atoms with Gasteiger partial charge in [-0.3, -0.25) is 9.52 Å². The van der Waals surface area contributed by atoms with Crippen LogP contribution in [-0.4, -0.2) is 19.3 Å². The van der Waals surface area contributed by atoms with Gasteiger partial charge >= 0.3 is 0 Å². The monoisotopic (exact) mass is 449 g/mol. The van der Waals surface area contributed by atoms with Crippen molar-refractivity contribution in [3.8, 4) is 5.75 Å². The molecule has 150 valence electrons. The van der Waals surface area contributed by atoms with E-state index in [0.29, 0.717) is 16.3 Å². The van der Waals surface area contributed by atoms with E-state index < -0.39 is 10.0 Å². The van der Waals surface area contributed by atoms with Crippen LogP contribution in [0.5, 0.6) is 5.75 Å². The molecule has 3 aromatic rings. The summed E-state index contributed by atoms with van der Waals surface area (Å²) in [5, 5.41) is 10.0. The number of benzene rings is 3. The van der Waals surface area contributed by atoms with Gasteiger partial charge in [0.2, 0.25) is 0 Å². The Morgan fingerprint density at radius 1 is 0.862 bits per heavy atom. The number of phenols is 1. The molecular formula is C21H17Cl2NO4S. The van der Waals surface area contributed by atoms with E-state index in [0.717, 1.165) is 5.56 Å².